The van der Waals surface area contributed by atoms with Gasteiger partial charge in [-0.2, -0.15) is 11.8 Å². The lowest BCUT2D eigenvalue weighted by Crippen LogP contribution is -2.52. The Balaban J connectivity index is 1.93. The molecular weight excluding hydrogens is 264 g/mol. The van der Waals surface area contributed by atoms with Gasteiger partial charge in [0.25, 0.3) is 0 Å². The molecule has 1 unspecified atom stereocenters. The molecule has 2 fully saturated rings. The molecule has 2 atom stereocenters. The number of thioether (sulfide) groups is 1. The molecule has 2 amide bonds. The number of hydrogen-bond acceptors (Lipinski definition) is 3. The summed E-state index contributed by atoms with van der Waals surface area (Å²) in [7, 11) is 0. The molecule has 2 rings (SSSR count). The minimum atomic E-state index is -0.780. The molecule has 1 N–H and O–H groups in total. The van der Waals surface area contributed by atoms with Crippen LogP contribution in [0, 0.1) is 5.92 Å². The first-order valence-corrected chi connectivity index (χ1v) is 8.05. The van der Waals surface area contributed by atoms with Crippen LogP contribution in [0.2, 0.25) is 0 Å². The van der Waals surface area contributed by atoms with Crippen molar-refractivity contribution in [2.45, 2.75) is 31.4 Å². The number of hydrogen-bond donors (Lipinski definition) is 1. The van der Waals surface area contributed by atoms with Crippen LogP contribution in [0.3, 0.4) is 0 Å². The average molecular weight is 286 g/mol. The number of carbonyl (C=O) groups is 2. The Kier molecular flexibility index (Phi) is 4.96. The molecule has 0 spiro atoms. The molecule has 0 aromatic heterocycles. The highest BCUT2D eigenvalue weighted by Gasteiger charge is 2.32. The zero-order chi connectivity index (χ0) is 13.8. The van der Waals surface area contributed by atoms with Crippen molar-refractivity contribution in [1.29, 1.82) is 0 Å². The van der Waals surface area contributed by atoms with Gasteiger partial charge in [0.05, 0.1) is 5.92 Å². The number of carbonyl (C=O) groups excluding carboxylic acids is 1. The molecule has 0 saturated carbocycles. The normalized spacial score (nSPS) is 28.3. The predicted molar refractivity (Wildman–Crippen MR) is 75.4 cm³/mol. The van der Waals surface area contributed by atoms with Crippen LogP contribution in [-0.2, 0) is 4.79 Å². The lowest BCUT2D eigenvalue weighted by molar-refractivity contribution is -0.143. The number of aliphatic carboxylic acids is 1. The summed E-state index contributed by atoms with van der Waals surface area (Å²) in [5.41, 5.74) is 0. The molecule has 0 aliphatic carbocycles. The Bertz CT molecular complexity index is 351. The van der Waals surface area contributed by atoms with E-state index in [1.165, 1.54) is 0 Å². The number of rotatable bonds is 2. The van der Waals surface area contributed by atoms with E-state index in [4.69, 9.17) is 5.11 Å². The summed E-state index contributed by atoms with van der Waals surface area (Å²) in [6, 6.07) is 0.0321. The molecule has 0 bridgehead atoms. The van der Waals surface area contributed by atoms with Gasteiger partial charge in [-0.3, -0.25) is 4.79 Å². The first kappa shape index (κ1) is 14.5. The van der Waals surface area contributed by atoms with E-state index in [1.54, 1.807) is 4.90 Å². The third kappa shape index (κ3) is 3.55. The van der Waals surface area contributed by atoms with E-state index in [9.17, 15) is 9.59 Å². The van der Waals surface area contributed by atoms with E-state index in [1.807, 2.05) is 16.7 Å². The zero-order valence-electron chi connectivity index (χ0n) is 11.4. The monoisotopic (exact) mass is 286 g/mol. The van der Waals surface area contributed by atoms with Crippen molar-refractivity contribution in [3.8, 4) is 0 Å². The molecule has 2 aliphatic heterocycles. The van der Waals surface area contributed by atoms with Crippen LogP contribution < -0.4 is 0 Å². The lowest BCUT2D eigenvalue weighted by Gasteiger charge is -2.38. The smallest absolute Gasteiger partial charge is 0.320 e. The van der Waals surface area contributed by atoms with Crippen LogP contribution in [-0.4, -0.2) is 64.1 Å². The van der Waals surface area contributed by atoms with E-state index in [-0.39, 0.29) is 11.9 Å². The summed E-state index contributed by atoms with van der Waals surface area (Å²) in [6.07, 6.45) is 2.56. The molecule has 108 valence electrons. The van der Waals surface area contributed by atoms with Crippen molar-refractivity contribution < 1.29 is 14.7 Å². The van der Waals surface area contributed by atoms with Crippen molar-refractivity contribution >= 4 is 23.8 Å². The van der Waals surface area contributed by atoms with Gasteiger partial charge in [0, 0.05) is 37.2 Å². The summed E-state index contributed by atoms with van der Waals surface area (Å²) < 4.78 is 0. The fourth-order valence-electron chi connectivity index (χ4n) is 2.69. The fraction of sp³-hybridized carbons (Fsp3) is 0.846. The van der Waals surface area contributed by atoms with E-state index in [2.05, 4.69) is 6.92 Å². The van der Waals surface area contributed by atoms with Crippen molar-refractivity contribution in [3.63, 3.8) is 0 Å². The first-order valence-electron chi connectivity index (χ1n) is 7.00. The Morgan fingerprint density at radius 1 is 1.26 bits per heavy atom. The third-order valence-corrected chi connectivity index (χ3v) is 5.28. The maximum Gasteiger partial charge on any atom is 0.320 e. The number of urea groups is 1. The number of amides is 2. The largest absolute Gasteiger partial charge is 0.481 e. The van der Waals surface area contributed by atoms with Crippen molar-refractivity contribution in [2.75, 3.05) is 31.9 Å². The Morgan fingerprint density at radius 2 is 2.00 bits per heavy atom. The third-order valence-electron chi connectivity index (χ3n) is 3.91. The van der Waals surface area contributed by atoms with Gasteiger partial charge >= 0.3 is 12.0 Å². The van der Waals surface area contributed by atoms with Gasteiger partial charge in [-0.25, -0.2) is 4.79 Å². The minimum absolute atomic E-state index is 0.0321. The standard InChI is InChI=1S/C13H22N2O3S/c1-2-11-9-15(6-7-19-11)13(18)14-5-3-4-10(8-14)12(16)17/h10-11H,2-9H2,1H3,(H,16,17)/t10-,11?/m1/s1. The average Bonchev–Trinajstić information content (AvgIpc) is 2.46. The molecule has 6 heteroatoms. The molecule has 2 saturated heterocycles. The second kappa shape index (κ2) is 6.50. The summed E-state index contributed by atoms with van der Waals surface area (Å²) in [5.74, 6) is -0.183. The maximum absolute atomic E-state index is 12.4. The highest BCUT2D eigenvalue weighted by Crippen LogP contribution is 2.24. The van der Waals surface area contributed by atoms with Crippen LogP contribution in [0.1, 0.15) is 26.2 Å². The summed E-state index contributed by atoms with van der Waals surface area (Å²) in [4.78, 5) is 27.1. The van der Waals surface area contributed by atoms with Crippen molar-refractivity contribution in [2.24, 2.45) is 5.92 Å². The summed E-state index contributed by atoms with van der Waals surface area (Å²) >= 11 is 1.93. The molecule has 19 heavy (non-hydrogen) atoms. The van der Waals surface area contributed by atoms with Crippen LogP contribution in [0.25, 0.3) is 0 Å². The van der Waals surface area contributed by atoms with Crippen molar-refractivity contribution in [3.05, 3.63) is 0 Å². The van der Waals surface area contributed by atoms with Crippen LogP contribution in [0.4, 0.5) is 4.79 Å². The van der Waals surface area contributed by atoms with Gasteiger partial charge in [0.15, 0.2) is 0 Å². The van der Waals surface area contributed by atoms with Crippen molar-refractivity contribution in [1.82, 2.24) is 9.80 Å². The zero-order valence-corrected chi connectivity index (χ0v) is 12.2. The highest BCUT2D eigenvalue weighted by molar-refractivity contribution is 8.00. The molecule has 5 nitrogen and oxygen atoms in total. The molecular formula is C13H22N2O3S. The van der Waals surface area contributed by atoms with E-state index in [0.29, 0.717) is 24.8 Å². The minimum Gasteiger partial charge on any atom is -0.481 e. The van der Waals surface area contributed by atoms with Gasteiger partial charge in [0.1, 0.15) is 0 Å². The highest BCUT2D eigenvalue weighted by atomic mass is 32.2. The molecule has 2 heterocycles. The second-order valence-corrected chi connectivity index (χ2v) is 6.66. The van der Waals surface area contributed by atoms with E-state index >= 15 is 0 Å². The fourth-order valence-corrected chi connectivity index (χ4v) is 3.87. The molecule has 2 aliphatic rings. The van der Waals surface area contributed by atoms with Gasteiger partial charge in [0.2, 0.25) is 0 Å². The van der Waals surface area contributed by atoms with Gasteiger partial charge in [-0.1, -0.05) is 6.92 Å². The number of nitrogens with zero attached hydrogens (tertiary/aromatic N) is 2. The Hall–Kier alpha value is -0.910. The summed E-state index contributed by atoms with van der Waals surface area (Å²) in [5, 5.41) is 9.60. The van der Waals surface area contributed by atoms with Crippen LogP contribution in [0.15, 0.2) is 0 Å². The SMILES string of the molecule is CCC1CN(C(=O)N2CCC[C@@H](C(=O)O)C2)CCS1. The Labute approximate surface area is 118 Å². The second-order valence-electron chi connectivity index (χ2n) is 5.25. The van der Waals surface area contributed by atoms with Gasteiger partial charge in [-0.15, -0.1) is 0 Å². The Morgan fingerprint density at radius 3 is 2.68 bits per heavy atom. The maximum atomic E-state index is 12.4. The number of piperidine rings is 1. The lowest BCUT2D eigenvalue weighted by atomic mass is 9.98. The van der Waals surface area contributed by atoms with Gasteiger partial charge < -0.3 is 14.9 Å². The predicted octanol–water partition coefficient (Wildman–Crippen LogP) is 1.73. The van der Waals surface area contributed by atoms with Crippen LogP contribution >= 0.6 is 11.8 Å². The number of carboxylic acids is 1. The quantitative estimate of drug-likeness (QED) is 0.840. The van der Waals surface area contributed by atoms with E-state index < -0.39 is 5.97 Å². The summed E-state index contributed by atoms with van der Waals surface area (Å²) in [6.45, 7) is 4.80. The molecule has 0 radical (unpaired) electrons. The van der Waals surface area contributed by atoms with Gasteiger partial charge in [-0.05, 0) is 19.3 Å². The van der Waals surface area contributed by atoms with Crippen LogP contribution in [0.5, 0.6) is 0 Å². The molecule has 0 aromatic rings. The number of carboxylic acid groups (broad SMARTS) is 1. The van der Waals surface area contributed by atoms with E-state index in [0.717, 1.165) is 31.7 Å². The number of likely N-dealkylation sites (tertiary alicyclic amines) is 1. The molecule has 0 aromatic carbocycles. The topological polar surface area (TPSA) is 60.9 Å². The first-order chi connectivity index (χ1) is 9.11.